The van der Waals surface area contributed by atoms with Gasteiger partial charge in [-0.05, 0) is 61.1 Å². The number of benzene rings is 2. The summed E-state index contributed by atoms with van der Waals surface area (Å²) in [5.41, 5.74) is 1.47. The molecule has 0 radical (unpaired) electrons. The molecule has 2 aromatic heterocycles. The van der Waals surface area contributed by atoms with Crippen LogP contribution >= 0.6 is 11.6 Å². The van der Waals surface area contributed by atoms with Crippen LogP contribution in [0, 0.1) is 18.6 Å². The Labute approximate surface area is 245 Å². The predicted octanol–water partition coefficient (Wildman–Crippen LogP) is 4.95. The zero-order chi connectivity index (χ0) is 30.2. The summed E-state index contributed by atoms with van der Waals surface area (Å²) in [6, 6.07) is 8.91. The first kappa shape index (κ1) is 29.4. The lowest BCUT2D eigenvalue weighted by Gasteiger charge is -2.32. The standard InChI is InChI=1S/C28H27ClF2N6O4S/c1-3-25(38)35-42(40,41)24-15-33-37-26(34-23-12-16(2)22(31)13-21(23)29)20(14-32-27(24)37)28(39)36-10-8-18(9-11-36)17-4-6-19(30)7-5-17/h4-7,12-15,18,34H,3,8-11H2,1-2H3,(H,35,38). The third-order valence-electron chi connectivity index (χ3n) is 7.21. The molecule has 0 spiro atoms. The van der Waals surface area contributed by atoms with E-state index in [2.05, 4.69) is 15.4 Å². The zero-order valence-electron chi connectivity index (χ0n) is 22.7. The van der Waals surface area contributed by atoms with Crippen LogP contribution in [0.25, 0.3) is 5.65 Å². The number of nitrogens with one attached hydrogen (secondary N) is 2. The van der Waals surface area contributed by atoms with Gasteiger partial charge >= 0.3 is 0 Å². The first-order valence-electron chi connectivity index (χ1n) is 13.2. The Bertz CT molecular complexity index is 1790. The SMILES string of the molecule is CCC(=O)NS(=O)(=O)c1cnn2c(Nc3cc(C)c(F)cc3Cl)c(C(=O)N3CCC(c4ccc(F)cc4)CC3)cnc12. The van der Waals surface area contributed by atoms with Crippen molar-refractivity contribution >= 4 is 50.6 Å². The quantitative estimate of drug-likeness (QED) is 0.301. The molecular weight excluding hydrogens is 590 g/mol. The van der Waals surface area contributed by atoms with Gasteiger partial charge < -0.3 is 10.2 Å². The van der Waals surface area contributed by atoms with Gasteiger partial charge in [0.05, 0.1) is 16.9 Å². The maximum absolute atomic E-state index is 14.1. The molecule has 2 amide bonds. The van der Waals surface area contributed by atoms with E-state index in [1.165, 1.54) is 31.3 Å². The van der Waals surface area contributed by atoms with E-state index in [1.807, 2.05) is 4.72 Å². The van der Waals surface area contributed by atoms with Gasteiger partial charge in [0.15, 0.2) is 10.5 Å². The van der Waals surface area contributed by atoms with E-state index >= 15 is 0 Å². The summed E-state index contributed by atoms with van der Waals surface area (Å²) >= 11 is 6.31. The van der Waals surface area contributed by atoms with E-state index in [1.54, 1.807) is 24.0 Å². The Hall–Kier alpha value is -4.10. The fourth-order valence-electron chi connectivity index (χ4n) is 4.86. The predicted molar refractivity (Wildman–Crippen MR) is 152 cm³/mol. The third kappa shape index (κ3) is 5.79. The van der Waals surface area contributed by atoms with Crippen molar-refractivity contribution in [1.29, 1.82) is 0 Å². The first-order valence-corrected chi connectivity index (χ1v) is 15.0. The van der Waals surface area contributed by atoms with Crippen LogP contribution in [0.5, 0.6) is 0 Å². The van der Waals surface area contributed by atoms with Gasteiger partial charge in [-0.25, -0.2) is 26.9 Å². The lowest BCUT2D eigenvalue weighted by molar-refractivity contribution is -0.119. The molecule has 4 aromatic rings. The van der Waals surface area contributed by atoms with Gasteiger partial charge in [0.25, 0.3) is 15.9 Å². The van der Waals surface area contributed by atoms with E-state index in [9.17, 15) is 26.8 Å². The highest BCUT2D eigenvalue weighted by Gasteiger charge is 2.30. The Morgan fingerprint density at radius 2 is 1.79 bits per heavy atom. The number of sulfonamides is 1. The summed E-state index contributed by atoms with van der Waals surface area (Å²) in [5, 5.41) is 7.22. The van der Waals surface area contributed by atoms with Gasteiger partial charge in [0.1, 0.15) is 23.0 Å². The van der Waals surface area contributed by atoms with Gasteiger partial charge in [0, 0.05) is 25.7 Å². The Kier molecular flexibility index (Phi) is 8.15. The van der Waals surface area contributed by atoms with E-state index in [-0.39, 0.29) is 56.4 Å². The molecule has 0 unspecified atom stereocenters. The largest absolute Gasteiger partial charge is 0.338 e. The smallest absolute Gasteiger partial charge is 0.269 e. The highest BCUT2D eigenvalue weighted by molar-refractivity contribution is 7.90. The molecule has 1 saturated heterocycles. The van der Waals surface area contributed by atoms with E-state index in [0.717, 1.165) is 22.3 Å². The van der Waals surface area contributed by atoms with Crippen LogP contribution in [-0.4, -0.2) is 52.8 Å². The molecule has 220 valence electrons. The van der Waals surface area contributed by atoms with Crippen molar-refractivity contribution in [2.45, 2.75) is 43.9 Å². The molecule has 1 fully saturated rings. The monoisotopic (exact) mass is 616 g/mol. The van der Waals surface area contributed by atoms with Gasteiger partial charge in [-0.15, -0.1) is 0 Å². The highest BCUT2D eigenvalue weighted by Crippen LogP contribution is 2.33. The summed E-state index contributed by atoms with van der Waals surface area (Å²) in [6.45, 7) is 3.88. The molecule has 1 aliphatic heterocycles. The summed E-state index contributed by atoms with van der Waals surface area (Å²) in [4.78, 5) is 31.2. The van der Waals surface area contributed by atoms with E-state index < -0.39 is 27.7 Å². The number of amides is 2. The van der Waals surface area contributed by atoms with Crippen LogP contribution in [0.2, 0.25) is 5.02 Å². The summed E-state index contributed by atoms with van der Waals surface area (Å²) in [6.07, 6.45) is 3.51. The zero-order valence-corrected chi connectivity index (χ0v) is 24.3. The molecule has 2 aromatic carbocycles. The van der Waals surface area contributed by atoms with Crippen LogP contribution in [0.15, 0.2) is 53.7 Å². The average Bonchev–Trinajstić information content (AvgIpc) is 3.42. The minimum atomic E-state index is -4.32. The second kappa shape index (κ2) is 11.6. The minimum absolute atomic E-state index is 0.0248. The lowest BCUT2D eigenvalue weighted by Crippen LogP contribution is -2.38. The van der Waals surface area contributed by atoms with Crippen molar-refractivity contribution in [1.82, 2.24) is 24.2 Å². The van der Waals surface area contributed by atoms with Gasteiger partial charge in [0.2, 0.25) is 5.91 Å². The number of nitrogens with zero attached hydrogens (tertiary/aromatic N) is 4. The third-order valence-corrected chi connectivity index (χ3v) is 8.88. The second-order valence-electron chi connectivity index (χ2n) is 9.97. The number of hydrogen-bond donors (Lipinski definition) is 2. The van der Waals surface area contributed by atoms with Gasteiger partial charge in [-0.3, -0.25) is 9.59 Å². The summed E-state index contributed by atoms with van der Waals surface area (Å²) in [7, 11) is -4.32. The fourth-order valence-corrected chi connectivity index (χ4v) is 6.17. The molecule has 0 aliphatic carbocycles. The number of carbonyl (C=O) groups excluding carboxylic acids is 2. The number of anilines is 2. The van der Waals surface area contributed by atoms with Crippen molar-refractivity contribution in [3.05, 3.63) is 82.1 Å². The molecule has 10 nitrogen and oxygen atoms in total. The highest BCUT2D eigenvalue weighted by atomic mass is 35.5. The number of piperidine rings is 1. The Morgan fingerprint density at radius 3 is 2.45 bits per heavy atom. The molecule has 0 saturated carbocycles. The lowest BCUT2D eigenvalue weighted by atomic mass is 9.89. The molecule has 0 atom stereocenters. The van der Waals surface area contributed by atoms with Gasteiger partial charge in [-0.2, -0.15) is 9.61 Å². The molecule has 14 heteroatoms. The summed E-state index contributed by atoms with van der Waals surface area (Å²) in [5.74, 6) is -1.72. The molecule has 42 heavy (non-hydrogen) atoms. The average molecular weight is 617 g/mol. The maximum atomic E-state index is 14.1. The van der Waals surface area contributed by atoms with Crippen LogP contribution in [0.3, 0.4) is 0 Å². The Morgan fingerprint density at radius 1 is 1.10 bits per heavy atom. The topological polar surface area (TPSA) is 126 Å². The van der Waals surface area contributed by atoms with Crippen molar-refractivity contribution in [2.24, 2.45) is 0 Å². The second-order valence-corrected chi connectivity index (χ2v) is 12.0. The molecule has 2 N–H and O–H groups in total. The number of halogens is 3. The number of hydrogen-bond acceptors (Lipinski definition) is 7. The van der Waals surface area contributed by atoms with Gasteiger partial charge in [-0.1, -0.05) is 30.7 Å². The molecule has 5 rings (SSSR count). The minimum Gasteiger partial charge on any atom is -0.338 e. The number of fused-ring (bicyclic) bond motifs is 1. The Balaban J connectivity index is 1.52. The molecule has 3 heterocycles. The molecular formula is C28H27ClF2N6O4S. The molecule has 0 bridgehead atoms. The van der Waals surface area contributed by atoms with Crippen LogP contribution in [-0.2, 0) is 14.8 Å². The number of aryl methyl sites for hydroxylation is 1. The molecule has 1 aliphatic rings. The van der Waals surface area contributed by atoms with Crippen LogP contribution in [0.4, 0.5) is 20.3 Å². The number of likely N-dealkylation sites (tertiary alicyclic amines) is 1. The van der Waals surface area contributed by atoms with E-state index in [0.29, 0.717) is 25.9 Å². The van der Waals surface area contributed by atoms with Crippen molar-refractivity contribution in [2.75, 3.05) is 18.4 Å². The number of carbonyl (C=O) groups is 2. The normalized spacial score (nSPS) is 14.3. The van der Waals surface area contributed by atoms with Crippen LogP contribution in [0.1, 0.15) is 53.6 Å². The van der Waals surface area contributed by atoms with E-state index in [4.69, 9.17) is 11.6 Å². The number of aromatic nitrogens is 3. The number of rotatable bonds is 7. The maximum Gasteiger partial charge on any atom is 0.269 e. The first-order chi connectivity index (χ1) is 20.0. The van der Waals surface area contributed by atoms with Crippen molar-refractivity contribution in [3.8, 4) is 0 Å². The summed E-state index contributed by atoms with van der Waals surface area (Å²) < 4.78 is 56.4. The van der Waals surface area contributed by atoms with Crippen molar-refractivity contribution < 1.29 is 26.8 Å². The fraction of sp³-hybridized carbons (Fsp3) is 0.286. The van der Waals surface area contributed by atoms with Crippen LogP contribution < -0.4 is 10.0 Å². The van der Waals surface area contributed by atoms with Crippen molar-refractivity contribution in [3.63, 3.8) is 0 Å².